The highest BCUT2D eigenvalue weighted by Crippen LogP contribution is 2.24. The van der Waals surface area contributed by atoms with Crippen molar-refractivity contribution < 1.29 is 8.42 Å². The fourth-order valence-corrected chi connectivity index (χ4v) is 3.74. The Morgan fingerprint density at radius 2 is 2.21 bits per heavy atom. The molecule has 0 radical (unpaired) electrons. The predicted molar refractivity (Wildman–Crippen MR) is 90.8 cm³/mol. The number of sulfonamides is 1. The van der Waals surface area contributed by atoms with Crippen molar-refractivity contribution in [3.8, 4) is 0 Å². The van der Waals surface area contributed by atoms with Crippen molar-refractivity contribution in [1.82, 2.24) is 29.2 Å². The lowest BCUT2D eigenvalue weighted by molar-refractivity contribution is 0.158. The first-order chi connectivity index (χ1) is 11.3. The van der Waals surface area contributed by atoms with Crippen molar-refractivity contribution in [3.63, 3.8) is 0 Å². The molecule has 24 heavy (non-hydrogen) atoms. The zero-order valence-corrected chi connectivity index (χ0v) is 15.1. The SMILES string of the molecule is Cc1cc(CN2Cc3ccnn3C(CCNS(C)(=O)=O)C2)n(C)n1. The third-order valence-corrected chi connectivity index (χ3v) is 5.01. The molecule has 0 bridgehead atoms. The van der Waals surface area contributed by atoms with Gasteiger partial charge in [0.05, 0.1) is 29.4 Å². The average Bonchev–Trinajstić information content (AvgIpc) is 3.04. The average molecular weight is 352 g/mol. The summed E-state index contributed by atoms with van der Waals surface area (Å²) in [7, 11) is -1.20. The van der Waals surface area contributed by atoms with Crippen LogP contribution in [0.2, 0.25) is 0 Å². The van der Waals surface area contributed by atoms with Gasteiger partial charge in [0.2, 0.25) is 10.0 Å². The molecule has 0 spiro atoms. The van der Waals surface area contributed by atoms with Gasteiger partial charge in [-0.25, -0.2) is 13.1 Å². The van der Waals surface area contributed by atoms with Gasteiger partial charge in [0.25, 0.3) is 0 Å². The molecule has 0 aliphatic carbocycles. The van der Waals surface area contributed by atoms with Gasteiger partial charge in [-0.05, 0) is 25.5 Å². The highest BCUT2D eigenvalue weighted by Gasteiger charge is 2.26. The molecule has 0 saturated heterocycles. The van der Waals surface area contributed by atoms with Gasteiger partial charge in [-0.15, -0.1) is 0 Å². The molecule has 0 fully saturated rings. The van der Waals surface area contributed by atoms with Crippen LogP contribution in [0.15, 0.2) is 18.3 Å². The van der Waals surface area contributed by atoms with Gasteiger partial charge in [-0.2, -0.15) is 10.2 Å². The first kappa shape index (κ1) is 17.1. The first-order valence-electron chi connectivity index (χ1n) is 8.01. The second kappa shape index (κ2) is 6.66. The van der Waals surface area contributed by atoms with Crippen LogP contribution in [0.4, 0.5) is 0 Å². The molecular weight excluding hydrogens is 328 g/mol. The number of hydrogen-bond donors (Lipinski definition) is 1. The van der Waals surface area contributed by atoms with Crippen molar-refractivity contribution >= 4 is 10.0 Å². The molecule has 8 nitrogen and oxygen atoms in total. The van der Waals surface area contributed by atoms with Gasteiger partial charge < -0.3 is 0 Å². The largest absolute Gasteiger partial charge is 0.290 e. The fourth-order valence-electron chi connectivity index (χ4n) is 3.25. The Balaban J connectivity index is 1.70. The third kappa shape index (κ3) is 4.03. The van der Waals surface area contributed by atoms with Crippen LogP contribution in [0, 0.1) is 6.92 Å². The smallest absolute Gasteiger partial charge is 0.208 e. The maximum atomic E-state index is 11.3. The molecule has 0 aromatic carbocycles. The number of fused-ring (bicyclic) bond motifs is 1. The van der Waals surface area contributed by atoms with E-state index >= 15 is 0 Å². The summed E-state index contributed by atoms with van der Waals surface area (Å²) < 4.78 is 29.0. The summed E-state index contributed by atoms with van der Waals surface area (Å²) in [6.07, 6.45) is 3.71. The van der Waals surface area contributed by atoms with E-state index in [1.54, 1.807) is 0 Å². The normalized spacial score (nSPS) is 18.7. The van der Waals surface area contributed by atoms with Crippen molar-refractivity contribution in [1.29, 1.82) is 0 Å². The lowest BCUT2D eigenvalue weighted by atomic mass is 10.1. The third-order valence-electron chi connectivity index (χ3n) is 4.28. The summed E-state index contributed by atoms with van der Waals surface area (Å²) in [4.78, 5) is 2.36. The summed E-state index contributed by atoms with van der Waals surface area (Å²) in [6.45, 7) is 4.90. The molecule has 3 heterocycles. The minimum Gasteiger partial charge on any atom is -0.290 e. The maximum absolute atomic E-state index is 11.3. The zero-order valence-electron chi connectivity index (χ0n) is 14.3. The zero-order chi connectivity index (χ0) is 17.3. The van der Waals surface area contributed by atoms with Gasteiger partial charge >= 0.3 is 0 Å². The Morgan fingerprint density at radius 3 is 2.88 bits per heavy atom. The van der Waals surface area contributed by atoms with Gasteiger partial charge in [0.15, 0.2) is 0 Å². The Bertz CT molecular complexity index is 810. The Hall–Kier alpha value is -1.71. The molecule has 2 aromatic heterocycles. The highest BCUT2D eigenvalue weighted by atomic mass is 32.2. The summed E-state index contributed by atoms with van der Waals surface area (Å²) in [6, 6.07) is 4.29. The van der Waals surface area contributed by atoms with Gasteiger partial charge in [-0.1, -0.05) is 0 Å². The van der Waals surface area contributed by atoms with Crippen LogP contribution in [-0.4, -0.2) is 52.2 Å². The summed E-state index contributed by atoms with van der Waals surface area (Å²) >= 11 is 0. The van der Waals surface area contributed by atoms with E-state index in [0.717, 1.165) is 31.0 Å². The number of rotatable bonds is 6. The first-order valence-corrected chi connectivity index (χ1v) is 9.90. The molecule has 1 N–H and O–H groups in total. The molecule has 3 rings (SSSR count). The molecule has 1 atom stereocenters. The molecular formula is C15H24N6O2S. The number of nitrogens with zero attached hydrogens (tertiary/aromatic N) is 5. The Kier molecular flexibility index (Phi) is 4.75. The van der Waals surface area contributed by atoms with E-state index in [4.69, 9.17) is 0 Å². The van der Waals surface area contributed by atoms with Crippen molar-refractivity contribution in [3.05, 3.63) is 35.4 Å². The summed E-state index contributed by atoms with van der Waals surface area (Å²) in [5, 5.41) is 8.81. The molecule has 1 unspecified atom stereocenters. The van der Waals surface area contributed by atoms with Crippen LogP contribution in [0.25, 0.3) is 0 Å². The number of aryl methyl sites for hydroxylation is 2. The lowest BCUT2D eigenvalue weighted by Gasteiger charge is -2.33. The van der Waals surface area contributed by atoms with Gasteiger partial charge in [-0.3, -0.25) is 14.3 Å². The van der Waals surface area contributed by atoms with Gasteiger partial charge in [0.1, 0.15) is 0 Å². The van der Waals surface area contributed by atoms with Crippen molar-refractivity contribution in [2.45, 2.75) is 32.5 Å². The van der Waals surface area contributed by atoms with Gasteiger partial charge in [0, 0.05) is 39.4 Å². The molecule has 0 saturated carbocycles. The van der Waals surface area contributed by atoms with Crippen LogP contribution in [0.1, 0.15) is 29.5 Å². The van der Waals surface area contributed by atoms with Crippen LogP contribution >= 0.6 is 0 Å². The quantitative estimate of drug-likeness (QED) is 0.814. The van der Waals surface area contributed by atoms with E-state index < -0.39 is 10.0 Å². The second-order valence-electron chi connectivity index (χ2n) is 6.45. The monoisotopic (exact) mass is 352 g/mol. The topological polar surface area (TPSA) is 85.0 Å². The Labute approximate surface area is 142 Å². The van der Waals surface area contributed by atoms with E-state index in [1.807, 2.05) is 35.6 Å². The van der Waals surface area contributed by atoms with Crippen LogP contribution in [0.3, 0.4) is 0 Å². The Morgan fingerprint density at radius 1 is 1.42 bits per heavy atom. The fraction of sp³-hybridized carbons (Fsp3) is 0.600. The maximum Gasteiger partial charge on any atom is 0.208 e. The lowest BCUT2D eigenvalue weighted by Crippen LogP contribution is -2.39. The van der Waals surface area contributed by atoms with Crippen molar-refractivity contribution in [2.24, 2.45) is 7.05 Å². The number of nitrogens with one attached hydrogen (secondary N) is 1. The number of hydrogen-bond acceptors (Lipinski definition) is 5. The molecule has 2 aromatic rings. The summed E-state index contributed by atoms with van der Waals surface area (Å²) in [5.41, 5.74) is 3.35. The molecule has 0 amide bonds. The van der Waals surface area contributed by atoms with Crippen LogP contribution in [0.5, 0.6) is 0 Å². The summed E-state index contributed by atoms with van der Waals surface area (Å²) in [5.74, 6) is 0. The molecule has 1 aliphatic rings. The minimum atomic E-state index is -3.16. The van der Waals surface area contributed by atoms with Crippen LogP contribution in [-0.2, 0) is 30.2 Å². The van der Waals surface area contributed by atoms with E-state index in [9.17, 15) is 8.42 Å². The van der Waals surface area contributed by atoms with Crippen molar-refractivity contribution in [2.75, 3.05) is 19.3 Å². The molecule has 9 heteroatoms. The molecule has 132 valence electrons. The number of aromatic nitrogens is 4. The standard InChI is InChI=1S/C15H24N6O2S/c1-12-8-15(19(2)18-12)11-20-9-13-4-6-16-21(13)14(10-20)5-7-17-24(3,22)23/h4,6,8,14,17H,5,7,9-11H2,1-3H3. The van der Waals surface area contributed by atoms with Crippen LogP contribution < -0.4 is 4.72 Å². The van der Waals surface area contributed by atoms with E-state index in [2.05, 4.69) is 25.9 Å². The predicted octanol–water partition coefficient (Wildman–Crippen LogP) is 0.421. The van der Waals surface area contributed by atoms with E-state index in [1.165, 1.54) is 11.9 Å². The second-order valence-corrected chi connectivity index (χ2v) is 8.28. The van der Waals surface area contributed by atoms with E-state index in [-0.39, 0.29) is 6.04 Å². The highest BCUT2D eigenvalue weighted by molar-refractivity contribution is 7.88. The molecule has 1 aliphatic heterocycles. The minimum absolute atomic E-state index is 0.160. The van der Waals surface area contributed by atoms with E-state index in [0.29, 0.717) is 13.0 Å².